The Hall–Kier alpha value is -7.00. The molecule has 0 spiro atoms. The molecule has 0 aromatic heterocycles. The van der Waals surface area contributed by atoms with Crippen LogP contribution in [0.5, 0.6) is 0 Å². The number of ketones is 1. The van der Waals surface area contributed by atoms with Crippen LogP contribution in [0.3, 0.4) is 0 Å². The molecule has 44 heteroatoms. The third kappa shape index (κ3) is 83.3. The monoisotopic (exact) mass is 1580 g/mol. The molecule has 0 fully saturated rings. The second-order valence-corrected chi connectivity index (χ2v) is 21.8. The predicted octanol–water partition coefficient (Wildman–Crippen LogP) is -9.43. The van der Waals surface area contributed by atoms with Crippen LogP contribution in [0.4, 0.5) is 0 Å². The molecule has 0 saturated heterocycles. The predicted molar refractivity (Wildman–Crippen MR) is 377 cm³/mol. The SMILES string of the molecule is CC(=O)COCC(=O)NCCOCCOCCOCCNC(=O)COCC(=O)NCCOCCOCCOCCNC(=O)COCC(=O)NCCOCCOCCOCCNC(=O)COCC(=O)NCCOCCOCCOCCNC(=O)COCC(=O)NCCOCCOCCOCCNC(=O)COCC(N)=O. The van der Waals surface area contributed by atoms with Crippen LogP contribution in [-0.4, -0.2) is 414 Å². The molecular weight excluding hydrogens is 1460 g/mol. The summed E-state index contributed by atoms with van der Waals surface area (Å²) in [6.07, 6.45) is 0. The lowest BCUT2D eigenvalue weighted by atomic mass is 10.5. The van der Waals surface area contributed by atoms with Gasteiger partial charge in [0, 0.05) is 65.4 Å². The molecular formula is C65H119N11O33. The summed E-state index contributed by atoms with van der Waals surface area (Å²) in [7, 11) is 0. The summed E-state index contributed by atoms with van der Waals surface area (Å²) in [5, 5.41) is 26.1. The first-order valence-corrected chi connectivity index (χ1v) is 35.6. The fraction of sp³-hybridized carbons (Fsp3) is 0.815. The molecule has 11 amide bonds. The third-order valence-corrected chi connectivity index (χ3v) is 12.3. The molecule has 0 saturated carbocycles. The average molecular weight is 1580 g/mol. The van der Waals surface area contributed by atoms with Crippen molar-refractivity contribution in [2.24, 2.45) is 5.73 Å². The minimum atomic E-state index is -0.659. The molecule has 0 aromatic carbocycles. The van der Waals surface area contributed by atoms with E-state index in [0.717, 1.165) is 0 Å². The molecule has 0 unspecified atom stereocenters. The van der Waals surface area contributed by atoms with E-state index in [9.17, 15) is 57.5 Å². The van der Waals surface area contributed by atoms with E-state index in [1.807, 2.05) is 0 Å². The molecule has 0 heterocycles. The molecule has 0 radical (unpaired) electrons. The molecule has 632 valence electrons. The number of hydrogen-bond donors (Lipinski definition) is 11. The van der Waals surface area contributed by atoms with Crippen molar-refractivity contribution in [1.82, 2.24) is 53.2 Å². The van der Waals surface area contributed by atoms with Crippen LogP contribution in [0.25, 0.3) is 0 Å². The van der Waals surface area contributed by atoms with E-state index in [2.05, 4.69) is 53.2 Å². The highest BCUT2D eigenvalue weighted by Gasteiger charge is 2.12. The molecule has 12 N–H and O–H groups in total. The Bertz CT molecular complexity index is 2200. The van der Waals surface area contributed by atoms with Crippen LogP contribution in [0, 0.1) is 0 Å². The van der Waals surface area contributed by atoms with Crippen molar-refractivity contribution in [3.8, 4) is 0 Å². The molecule has 0 aliphatic rings. The molecule has 0 bridgehead atoms. The number of nitrogens with one attached hydrogen (secondary N) is 10. The summed E-state index contributed by atoms with van der Waals surface area (Å²) in [5.41, 5.74) is 4.92. The summed E-state index contributed by atoms with van der Waals surface area (Å²) < 4.78 is 111. The van der Waals surface area contributed by atoms with Crippen molar-refractivity contribution < 1.29 is 157 Å². The zero-order chi connectivity index (χ0) is 79.6. The number of carbonyl (C=O) groups excluding carboxylic acids is 12. The van der Waals surface area contributed by atoms with Gasteiger partial charge in [-0.15, -0.1) is 0 Å². The molecule has 0 rings (SSSR count). The number of amides is 11. The highest BCUT2D eigenvalue weighted by molar-refractivity contribution is 5.82. The Morgan fingerprint density at radius 1 is 0.165 bits per heavy atom. The average Bonchev–Trinajstić information content (AvgIpc) is 3.96. The van der Waals surface area contributed by atoms with E-state index in [1.165, 1.54) is 6.92 Å². The largest absolute Gasteiger partial charge is 0.377 e. The van der Waals surface area contributed by atoms with Crippen molar-refractivity contribution in [2.75, 3.05) is 343 Å². The van der Waals surface area contributed by atoms with Crippen molar-refractivity contribution in [1.29, 1.82) is 0 Å². The summed E-state index contributed by atoms with van der Waals surface area (Å²) in [6, 6.07) is 0. The number of hydrogen-bond acceptors (Lipinski definition) is 33. The lowest BCUT2D eigenvalue weighted by Gasteiger charge is -2.10. The van der Waals surface area contributed by atoms with Crippen molar-refractivity contribution in [3.05, 3.63) is 0 Å². The lowest BCUT2D eigenvalue weighted by Crippen LogP contribution is -2.34. The van der Waals surface area contributed by atoms with E-state index < -0.39 is 53.2 Å². The molecule has 0 aromatic rings. The Morgan fingerprint density at radius 3 is 0.394 bits per heavy atom. The molecule has 0 atom stereocenters. The van der Waals surface area contributed by atoms with Gasteiger partial charge in [-0.25, -0.2) is 0 Å². The quantitative estimate of drug-likeness (QED) is 0.0252. The van der Waals surface area contributed by atoms with Crippen LogP contribution in [0.2, 0.25) is 0 Å². The minimum absolute atomic E-state index is 0.106. The highest BCUT2D eigenvalue weighted by Crippen LogP contribution is 1.91. The second-order valence-electron chi connectivity index (χ2n) is 21.8. The summed E-state index contributed by atoms with van der Waals surface area (Å²) >= 11 is 0. The van der Waals surface area contributed by atoms with Crippen LogP contribution >= 0.6 is 0 Å². The lowest BCUT2D eigenvalue weighted by molar-refractivity contribution is -0.132. The van der Waals surface area contributed by atoms with Gasteiger partial charge in [0.05, 0.1) is 198 Å². The first kappa shape index (κ1) is 102. The normalized spacial score (nSPS) is 11.0. The minimum Gasteiger partial charge on any atom is -0.377 e. The van der Waals surface area contributed by atoms with E-state index in [-0.39, 0.29) is 268 Å². The Balaban J connectivity index is 3.43. The topological polar surface area (TPSA) is 545 Å². The number of rotatable bonds is 84. The van der Waals surface area contributed by atoms with Crippen molar-refractivity contribution in [3.63, 3.8) is 0 Å². The number of ether oxygens (including phenoxy) is 21. The molecule has 44 nitrogen and oxygen atoms in total. The van der Waals surface area contributed by atoms with Crippen LogP contribution in [0.1, 0.15) is 6.92 Å². The molecule has 0 aliphatic heterocycles. The molecule has 0 aliphatic carbocycles. The van der Waals surface area contributed by atoms with Gasteiger partial charge in [0.2, 0.25) is 65.0 Å². The van der Waals surface area contributed by atoms with E-state index in [1.54, 1.807) is 0 Å². The summed E-state index contributed by atoms with van der Waals surface area (Å²) in [6.45, 7) is 8.93. The van der Waals surface area contributed by atoms with E-state index >= 15 is 0 Å². The van der Waals surface area contributed by atoms with Crippen molar-refractivity contribution >= 4 is 70.8 Å². The van der Waals surface area contributed by atoms with Gasteiger partial charge in [-0.05, 0) is 6.92 Å². The maximum atomic E-state index is 12.0. The maximum Gasteiger partial charge on any atom is 0.246 e. The van der Waals surface area contributed by atoms with E-state index in [4.69, 9.17) is 105 Å². The second kappa shape index (κ2) is 80.5. The first-order chi connectivity index (χ1) is 53.1. The maximum absolute atomic E-state index is 12.0. The third-order valence-electron chi connectivity index (χ3n) is 12.3. The number of carbonyl (C=O) groups is 12. The van der Waals surface area contributed by atoms with Gasteiger partial charge in [-0.3, -0.25) is 57.5 Å². The standard InChI is InChI=1S/C65H119N11O33/c1-54(77)42-104-44-56(79)67-2-12-89-22-32-99-34-24-91-14-4-69-58(81)46-106-48-60(83)71-6-16-93-26-36-101-38-28-95-18-8-73-62(85)50-108-52-64(87)75-10-20-97-30-40-103-41-31-98-21-11-76-65(88)53-109-51-63(86)74-9-19-96-29-39-102-37-27-94-17-7-72-61(84)49-107-47-59(82)70-5-15-92-25-35-100-33-23-90-13-3-68-57(80)45-105-43-55(66)78/h2-53H2,1H3,(H2,66,78)(H,67,79)(H,68,80)(H,69,81)(H,70,82)(H,71,83)(H,72,84)(H,73,85)(H,74,86)(H,75,87)(H,76,88). The van der Waals surface area contributed by atoms with Gasteiger partial charge >= 0.3 is 0 Å². The number of Topliss-reactive ketones (excluding diaryl/α,β-unsaturated/α-hetero) is 1. The first-order valence-electron chi connectivity index (χ1n) is 35.6. The zero-order valence-corrected chi connectivity index (χ0v) is 62.8. The zero-order valence-electron chi connectivity index (χ0n) is 62.8. The van der Waals surface area contributed by atoms with Gasteiger partial charge in [0.15, 0.2) is 5.78 Å². The van der Waals surface area contributed by atoms with Gasteiger partial charge in [-0.2, -0.15) is 0 Å². The van der Waals surface area contributed by atoms with Crippen LogP contribution in [-0.2, 0) is 157 Å². The fourth-order valence-corrected chi connectivity index (χ4v) is 7.32. The Labute approximate surface area is 634 Å². The fourth-order valence-electron chi connectivity index (χ4n) is 7.32. The summed E-state index contributed by atoms with van der Waals surface area (Å²) in [5.74, 6) is -4.83. The van der Waals surface area contributed by atoms with Gasteiger partial charge in [0.25, 0.3) is 0 Å². The number of primary amides is 1. The van der Waals surface area contributed by atoms with Gasteiger partial charge in [0.1, 0.15) is 79.3 Å². The number of nitrogens with two attached hydrogens (primary N) is 1. The van der Waals surface area contributed by atoms with Gasteiger partial charge < -0.3 is 158 Å². The Morgan fingerprint density at radius 2 is 0.275 bits per heavy atom. The molecule has 109 heavy (non-hydrogen) atoms. The smallest absolute Gasteiger partial charge is 0.246 e. The van der Waals surface area contributed by atoms with Crippen molar-refractivity contribution in [2.45, 2.75) is 6.92 Å². The highest BCUT2D eigenvalue weighted by atomic mass is 16.6. The Kier molecular flexibility index (Phi) is 75.3. The van der Waals surface area contributed by atoms with Crippen LogP contribution in [0.15, 0.2) is 0 Å². The van der Waals surface area contributed by atoms with E-state index in [0.29, 0.717) is 92.4 Å². The summed E-state index contributed by atoms with van der Waals surface area (Å²) in [4.78, 5) is 140. The van der Waals surface area contributed by atoms with Crippen LogP contribution < -0.4 is 58.9 Å². The van der Waals surface area contributed by atoms with Gasteiger partial charge in [-0.1, -0.05) is 0 Å².